The van der Waals surface area contributed by atoms with E-state index in [1.165, 1.54) is 10.9 Å². The van der Waals surface area contributed by atoms with Crippen LogP contribution in [0.15, 0.2) is 24.4 Å². The molecule has 0 saturated carbocycles. The molecule has 1 aromatic heterocycles. The van der Waals surface area contributed by atoms with Crippen LogP contribution in [-0.2, 0) is 16.8 Å². The fourth-order valence-electron chi connectivity index (χ4n) is 2.80. The van der Waals surface area contributed by atoms with Gasteiger partial charge in [0.1, 0.15) is 0 Å². The molecular formula is C15H16N2O. The lowest BCUT2D eigenvalue weighted by atomic mass is 9.92. The number of aromatic amines is 1. The third kappa shape index (κ3) is 1.70. The van der Waals surface area contributed by atoms with Gasteiger partial charge in [-0.1, -0.05) is 6.07 Å². The minimum absolute atomic E-state index is 0.177. The van der Waals surface area contributed by atoms with Crippen LogP contribution < -0.4 is 0 Å². The molecular weight excluding hydrogens is 224 g/mol. The van der Waals surface area contributed by atoms with Crippen LogP contribution >= 0.6 is 0 Å². The highest BCUT2D eigenvalue weighted by Crippen LogP contribution is 2.39. The second-order valence-electron chi connectivity index (χ2n) is 5.10. The first-order valence-corrected chi connectivity index (χ1v) is 6.34. The molecule has 1 fully saturated rings. The number of hydrogen-bond donors (Lipinski definition) is 1. The molecule has 1 aliphatic rings. The topological polar surface area (TPSA) is 48.8 Å². The lowest BCUT2D eigenvalue weighted by Crippen LogP contribution is -2.19. The first kappa shape index (κ1) is 11.3. The van der Waals surface area contributed by atoms with Crippen molar-refractivity contribution >= 4 is 10.9 Å². The summed E-state index contributed by atoms with van der Waals surface area (Å²) < 4.78 is 5.91. The Kier molecular flexibility index (Phi) is 2.61. The molecule has 1 atom stereocenters. The fourth-order valence-corrected chi connectivity index (χ4v) is 2.80. The highest BCUT2D eigenvalue weighted by Gasteiger charge is 2.33. The smallest absolute Gasteiger partial charge is 0.0924 e. The second-order valence-corrected chi connectivity index (χ2v) is 5.10. The molecule has 0 aliphatic carbocycles. The zero-order valence-electron chi connectivity index (χ0n) is 10.5. The third-order valence-electron chi connectivity index (χ3n) is 3.82. The van der Waals surface area contributed by atoms with Crippen LogP contribution in [0.4, 0.5) is 0 Å². The lowest BCUT2D eigenvalue weighted by molar-refractivity contribution is 0.0181. The van der Waals surface area contributed by atoms with Gasteiger partial charge in [-0.15, -0.1) is 0 Å². The average Bonchev–Trinajstić information content (AvgIpc) is 2.96. The van der Waals surface area contributed by atoms with Gasteiger partial charge >= 0.3 is 0 Å². The Morgan fingerprint density at radius 2 is 2.39 bits per heavy atom. The van der Waals surface area contributed by atoms with E-state index in [2.05, 4.69) is 24.0 Å². The molecule has 1 aromatic carbocycles. The van der Waals surface area contributed by atoms with E-state index in [-0.39, 0.29) is 5.60 Å². The molecule has 3 nitrogen and oxygen atoms in total. The van der Waals surface area contributed by atoms with Crippen molar-refractivity contribution in [1.29, 1.82) is 5.26 Å². The van der Waals surface area contributed by atoms with Crippen LogP contribution in [-0.4, -0.2) is 11.6 Å². The molecule has 0 spiro atoms. The maximum absolute atomic E-state index is 8.79. The van der Waals surface area contributed by atoms with E-state index in [4.69, 9.17) is 10.00 Å². The van der Waals surface area contributed by atoms with Gasteiger partial charge in [-0.2, -0.15) is 5.26 Å². The van der Waals surface area contributed by atoms with Gasteiger partial charge in [-0.05, 0) is 37.5 Å². The van der Waals surface area contributed by atoms with Gasteiger partial charge in [0, 0.05) is 29.3 Å². The SMILES string of the molecule is CC1(c2c[nH]c3ccc(CC#N)cc23)CCCO1. The van der Waals surface area contributed by atoms with Crippen molar-refractivity contribution in [1.82, 2.24) is 4.98 Å². The predicted molar refractivity (Wildman–Crippen MR) is 70.2 cm³/mol. The average molecular weight is 240 g/mol. The Balaban J connectivity index is 2.12. The molecule has 18 heavy (non-hydrogen) atoms. The zero-order chi connectivity index (χ0) is 12.6. The van der Waals surface area contributed by atoms with Gasteiger partial charge in [0.15, 0.2) is 0 Å². The van der Waals surface area contributed by atoms with Crippen molar-refractivity contribution in [2.24, 2.45) is 0 Å². The summed E-state index contributed by atoms with van der Waals surface area (Å²) in [6.07, 6.45) is 4.67. The number of fused-ring (bicyclic) bond motifs is 1. The summed E-state index contributed by atoms with van der Waals surface area (Å²) >= 11 is 0. The number of nitrogens with zero attached hydrogens (tertiary/aromatic N) is 1. The molecule has 92 valence electrons. The van der Waals surface area contributed by atoms with Crippen LogP contribution in [0.3, 0.4) is 0 Å². The summed E-state index contributed by atoms with van der Waals surface area (Å²) in [6, 6.07) is 8.36. The largest absolute Gasteiger partial charge is 0.371 e. The molecule has 3 rings (SSSR count). The molecule has 3 heteroatoms. The normalized spacial score (nSPS) is 23.3. The number of nitrogens with one attached hydrogen (secondary N) is 1. The van der Waals surface area contributed by atoms with Crippen molar-refractivity contribution in [2.75, 3.05) is 6.61 Å². The molecule has 1 aliphatic heterocycles. The molecule has 0 bridgehead atoms. The van der Waals surface area contributed by atoms with Crippen molar-refractivity contribution in [3.63, 3.8) is 0 Å². The highest BCUT2D eigenvalue weighted by molar-refractivity contribution is 5.84. The Labute approximate surface area is 106 Å². The van der Waals surface area contributed by atoms with Crippen LogP contribution in [0.5, 0.6) is 0 Å². The van der Waals surface area contributed by atoms with Gasteiger partial charge in [0.2, 0.25) is 0 Å². The molecule has 1 N–H and O–H groups in total. The van der Waals surface area contributed by atoms with Crippen LogP contribution in [0, 0.1) is 11.3 Å². The van der Waals surface area contributed by atoms with E-state index >= 15 is 0 Å². The van der Waals surface area contributed by atoms with Crippen molar-refractivity contribution < 1.29 is 4.74 Å². The van der Waals surface area contributed by atoms with Crippen LogP contribution in [0.2, 0.25) is 0 Å². The van der Waals surface area contributed by atoms with E-state index < -0.39 is 0 Å². The molecule has 2 aromatic rings. The summed E-state index contributed by atoms with van der Waals surface area (Å²) in [5.74, 6) is 0. The minimum Gasteiger partial charge on any atom is -0.371 e. The number of hydrogen-bond acceptors (Lipinski definition) is 2. The maximum atomic E-state index is 8.79. The maximum Gasteiger partial charge on any atom is 0.0924 e. The molecule has 1 saturated heterocycles. The fraction of sp³-hybridized carbons (Fsp3) is 0.400. The first-order chi connectivity index (χ1) is 8.73. The number of nitriles is 1. The Hall–Kier alpha value is -1.79. The summed E-state index contributed by atoms with van der Waals surface area (Å²) in [4.78, 5) is 3.30. The quantitative estimate of drug-likeness (QED) is 0.875. The van der Waals surface area contributed by atoms with Gasteiger partial charge in [-0.25, -0.2) is 0 Å². The second kappa shape index (κ2) is 4.15. The highest BCUT2D eigenvalue weighted by atomic mass is 16.5. The third-order valence-corrected chi connectivity index (χ3v) is 3.82. The zero-order valence-corrected chi connectivity index (χ0v) is 10.5. The Morgan fingerprint density at radius 3 is 3.11 bits per heavy atom. The lowest BCUT2D eigenvalue weighted by Gasteiger charge is -2.22. The van der Waals surface area contributed by atoms with Gasteiger partial charge in [0.25, 0.3) is 0 Å². The van der Waals surface area contributed by atoms with E-state index in [1.54, 1.807) is 0 Å². The van der Waals surface area contributed by atoms with E-state index in [0.717, 1.165) is 30.5 Å². The van der Waals surface area contributed by atoms with Crippen molar-refractivity contribution in [3.8, 4) is 6.07 Å². The molecule has 1 unspecified atom stereocenters. The number of aromatic nitrogens is 1. The molecule has 2 heterocycles. The molecule has 0 amide bonds. The van der Waals surface area contributed by atoms with Crippen LogP contribution in [0.25, 0.3) is 10.9 Å². The standard InChI is InChI=1S/C15H16N2O/c1-15(6-2-8-18-15)13-10-17-14-4-3-11(5-7-16)9-12(13)14/h3-4,9-10,17H,2,5-6,8H2,1H3. The van der Waals surface area contributed by atoms with Crippen molar-refractivity contribution in [2.45, 2.75) is 31.8 Å². The van der Waals surface area contributed by atoms with E-state index in [1.807, 2.05) is 18.3 Å². The van der Waals surface area contributed by atoms with Crippen LogP contribution in [0.1, 0.15) is 30.9 Å². The minimum atomic E-state index is -0.177. The number of rotatable bonds is 2. The number of H-pyrrole nitrogens is 1. The Bertz CT molecular complexity index is 615. The van der Waals surface area contributed by atoms with E-state index in [9.17, 15) is 0 Å². The van der Waals surface area contributed by atoms with Crippen molar-refractivity contribution in [3.05, 3.63) is 35.5 Å². The van der Waals surface area contributed by atoms with Gasteiger partial charge in [-0.3, -0.25) is 0 Å². The Morgan fingerprint density at radius 1 is 1.50 bits per heavy atom. The number of benzene rings is 1. The molecule has 0 radical (unpaired) electrons. The monoisotopic (exact) mass is 240 g/mol. The summed E-state index contributed by atoms with van der Waals surface area (Å²) in [7, 11) is 0. The summed E-state index contributed by atoms with van der Waals surface area (Å²) in [6.45, 7) is 2.99. The summed E-state index contributed by atoms with van der Waals surface area (Å²) in [5.41, 5.74) is 3.22. The number of ether oxygens (including phenoxy) is 1. The van der Waals surface area contributed by atoms with E-state index in [0.29, 0.717) is 6.42 Å². The summed E-state index contributed by atoms with van der Waals surface area (Å²) in [5, 5.41) is 9.98. The first-order valence-electron chi connectivity index (χ1n) is 6.34. The predicted octanol–water partition coefficient (Wildman–Crippen LogP) is 3.26. The van der Waals surface area contributed by atoms with Gasteiger partial charge in [0.05, 0.1) is 18.1 Å². The van der Waals surface area contributed by atoms with Gasteiger partial charge < -0.3 is 9.72 Å².